The fourth-order valence-electron chi connectivity index (χ4n) is 4.23. The van der Waals surface area contributed by atoms with E-state index in [2.05, 4.69) is 9.73 Å². The highest BCUT2D eigenvalue weighted by Gasteiger charge is 2.26. The van der Waals surface area contributed by atoms with Crippen molar-refractivity contribution in [2.24, 2.45) is 10.5 Å². The van der Waals surface area contributed by atoms with Crippen LogP contribution in [0.15, 0.2) is 89.8 Å². The van der Waals surface area contributed by atoms with Crippen LogP contribution in [0.5, 0.6) is 23.0 Å². The summed E-state index contributed by atoms with van der Waals surface area (Å²) in [4.78, 5) is 30.2. The molecule has 4 rings (SSSR count). The van der Waals surface area contributed by atoms with Crippen LogP contribution >= 0.6 is 8.17 Å². The summed E-state index contributed by atoms with van der Waals surface area (Å²) in [6.07, 6.45) is 1.36. The van der Waals surface area contributed by atoms with Crippen molar-refractivity contribution in [3.8, 4) is 23.0 Å². The van der Waals surface area contributed by atoms with Gasteiger partial charge in [-0.05, 0) is 56.2 Å². The summed E-state index contributed by atoms with van der Waals surface area (Å²) in [7, 11) is -2.69. The Bertz CT molecular complexity index is 1560. The van der Waals surface area contributed by atoms with E-state index in [1.165, 1.54) is 0 Å². The van der Waals surface area contributed by atoms with E-state index in [1.54, 1.807) is 51.2 Å². The molecule has 0 aliphatic rings. The van der Waals surface area contributed by atoms with E-state index in [1.807, 2.05) is 54.6 Å². The summed E-state index contributed by atoms with van der Waals surface area (Å²) in [6, 6.07) is 22.7. The molecular weight excluding hydrogens is 581 g/mol. The molecule has 1 aromatic heterocycles. The Labute approximate surface area is 258 Å². The molecule has 0 aliphatic heterocycles. The highest BCUT2D eigenvalue weighted by atomic mass is 31.1. The van der Waals surface area contributed by atoms with Crippen LogP contribution in [0.4, 0.5) is 0 Å². The number of hydrogen-bond donors (Lipinski definition) is 2. The largest absolute Gasteiger partial charge is 0.575 e. The van der Waals surface area contributed by atoms with Crippen molar-refractivity contribution in [2.75, 3.05) is 0 Å². The lowest BCUT2D eigenvalue weighted by atomic mass is 10.1. The predicted octanol–water partition coefficient (Wildman–Crippen LogP) is 5.51. The summed E-state index contributed by atoms with van der Waals surface area (Å²) < 4.78 is 27.0. The number of aromatic hydroxyl groups is 1. The number of para-hydroxylation sites is 2. The number of rotatable bonds is 14. The second-order valence-corrected chi connectivity index (χ2v) is 11.1. The van der Waals surface area contributed by atoms with Gasteiger partial charge >= 0.3 is 14.1 Å². The molecule has 0 saturated carbocycles. The van der Waals surface area contributed by atoms with Crippen molar-refractivity contribution in [2.45, 2.75) is 59.1 Å². The highest BCUT2D eigenvalue weighted by Crippen LogP contribution is 2.34. The Kier molecular flexibility index (Phi) is 11.7. The number of hydrogen-bond acceptors (Lipinski definition) is 10. The minimum Gasteiger partial charge on any atom is -0.575 e. The predicted molar refractivity (Wildman–Crippen MR) is 165 cm³/mol. The molecule has 0 fully saturated rings. The maximum Gasteiger partial charge on any atom is 0.395 e. The number of benzene rings is 3. The van der Waals surface area contributed by atoms with Gasteiger partial charge in [-0.2, -0.15) is 0 Å². The Morgan fingerprint density at radius 2 is 1.64 bits per heavy atom. The van der Waals surface area contributed by atoms with Crippen LogP contribution in [0.3, 0.4) is 0 Å². The number of aromatic nitrogens is 1. The zero-order valence-corrected chi connectivity index (χ0v) is 25.8. The number of nitrogens with two attached hydrogens (primary N) is 1. The van der Waals surface area contributed by atoms with Gasteiger partial charge in [-0.1, -0.05) is 59.3 Å². The molecule has 0 radical (unpaired) electrons. The van der Waals surface area contributed by atoms with E-state index in [0.717, 1.165) is 11.1 Å². The number of carbonyl (C=O) groups excluding carboxylic acids is 1. The summed E-state index contributed by atoms with van der Waals surface area (Å²) in [5.41, 5.74) is 9.25. The lowest BCUT2D eigenvalue weighted by Crippen LogP contribution is -2.26. The number of pyridine rings is 1. The maximum atomic E-state index is 13.1. The van der Waals surface area contributed by atoms with Crippen LogP contribution in [-0.4, -0.2) is 28.2 Å². The SMILES string of the molecule is Cc1ncc(COc2ccccc2O[P+]([O-])=N[C@@H](Cc2ccc(OCc3ccccc3)cc2)C(=O)OC(C)C)c(CN)c1O. The summed E-state index contributed by atoms with van der Waals surface area (Å²) in [5, 5.41) is 10.3. The Morgan fingerprint density at radius 1 is 0.955 bits per heavy atom. The second-order valence-electron chi connectivity index (χ2n) is 10.2. The first-order valence-corrected chi connectivity index (χ1v) is 15.3. The van der Waals surface area contributed by atoms with Crippen molar-refractivity contribution in [3.05, 3.63) is 113 Å². The van der Waals surface area contributed by atoms with E-state index < -0.39 is 20.2 Å². The van der Waals surface area contributed by atoms with E-state index in [-0.39, 0.29) is 37.2 Å². The molecule has 230 valence electrons. The normalized spacial score (nSPS) is 12.1. The maximum absolute atomic E-state index is 13.1. The minimum absolute atomic E-state index is 0.0219. The molecule has 1 heterocycles. The fraction of sp³-hybridized carbons (Fsp3) is 0.273. The van der Waals surface area contributed by atoms with Crippen molar-refractivity contribution in [3.63, 3.8) is 0 Å². The van der Waals surface area contributed by atoms with Crippen LogP contribution < -0.4 is 24.6 Å². The summed E-state index contributed by atoms with van der Waals surface area (Å²) in [5.74, 6) is 0.556. The topological polar surface area (TPSA) is 149 Å². The van der Waals surface area contributed by atoms with Gasteiger partial charge in [-0.15, -0.1) is 0 Å². The molecule has 2 atom stereocenters. The van der Waals surface area contributed by atoms with Gasteiger partial charge in [-0.25, -0.2) is 4.79 Å². The minimum atomic E-state index is -2.69. The monoisotopic (exact) mass is 617 g/mol. The zero-order chi connectivity index (χ0) is 31.5. The third-order valence-electron chi connectivity index (χ3n) is 6.50. The lowest BCUT2D eigenvalue weighted by molar-refractivity contribution is -0.170. The molecule has 4 aromatic rings. The van der Waals surface area contributed by atoms with Gasteiger partial charge < -0.3 is 29.9 Å². The smallest absolute Gasteiger partial charge is 0.395 e. The Balaban J connectivity index is 1.46. The number of aryl methyl sites for hydroxylation is 1. The average Bonchev–Trinajstić information content (AvgIpc) is 3.01. The van der Waals surface area contributed by atoms with E-state index in [0.29, 0.717) is 34.9 Å². The molecular formula is C33H36N3O7P. The van der Waals surface area contributed by atoms with Crippen molar-refractivity contribution >= 4 is 14.1 Å². The molecule has 11 heteroatoms. The van der Waals surface area contributed by atoms with E-state index in [9.17, 15) is 14.8 Å². The second kappa shape index (κ2) is 15.8. The zero-order valence-electron chi connectivity index (χ0n) is 24.9. The molecule has 0 spiro atoms. The van der Waals surface area contributed by atoms with Crippen LogP contribution in [0.25, 0.3) is 0 Å². The molecule has 0 bridgehead atoms. The van der Waals surface area contributed by atoms with E-state index >= 15 is 0 Å². The molecule has 44 heavy (non-hydrogen) atoms. The number of ether oxygens (including phenoxy) is 3. The van der Waals surface area contributed by atoms with Gasteiger partial charge in [-0.3, -0.25) is 9.51 Å². The Hall–Kier alpha value is -4.50. The number of nitrogens with zero attached hydrogens (tertiary/aromatic N) is 2. The standard InChI is InChI=1S/C33H36N3O7P/c1-22(2)42-33(38)29(17-24-13-15-27(16-14-24)40-20-25-9-5-4-6-10-25)36-44(39)43-31-12-8-7-11-30(31)41-21-26-19-35-23(3)32(37)28(26)18-34/h4-16,19,22,29,37H,17-18,20-21,34H2,1-3H3/t29-/m0/s1. The van der Waals surface area contributed by atoms with Crippen molar-refractivity contribution < 1.29 is 33.5 Å². The molecule has 0 saturated heterocycles. The third kappa shape index (κ3) is 9.25. The first-order chi connectivity index (χ1) is 21.2. The van der Waals surface area contributed by atoms with E-state index in [4.69, 9.17) is 24.5 Å². The van der Waals surface area contributed by atoms with Gasteiger partial charge in [0.2, 0.25) is 5.75 Å². The van der Waals surface area contributed by atoms with Crippen molar-refractivity contribution in [1.29, 1.82) is 0 Å². The Morgan fingerprint density at radius 3 is 2.32 bits per heavy atom. The van der Waals surface area contributed by atoms with Crippen molar-refractivity contribution in [1.82, 2.24) is 4.98 Å². The molecule has 3 aromatic carbocycles. The molecule has 1 unspecified atom stereocenters. The first kappa shape index (κ1) is 32.4. The van der Waals surface area contributed by atoms with Crippen LogP contribution in [0.1, 0.15) is 41.8 Å². The molecule has 10 nitrogen and oxygen atoms in total. The summed E-state index contributed by atoms with van der Waals surface area (Å²) >= 11 is 0. The van der Waals surface area contributed by atoms with Crippen LogP contribution in [0.2, 0.25) is 0 Å². The van der Waals surface area contributed by atoms with Gasteiger partial charge in [0.25, 0.3) is 0 Å². The summed E-state index contributed by atoms with van der Waals surface area (Å²) in [6.45, 7) is 5.72. The van der Waals surface area contributed by atoms with Gasteiger partial charge in [0.05, 0.1) is 11.8 Å². The number of esters is 1. The highest BCUT2D eigenvalue weighted by molar-refractivity contribution is 7.34. The van der Waals surface area contributed by atoms with Crippen LogP contribution in [-0.2, 0) is 35.7 Å². The van der Waals surface area contributed by atoms with Gasteiger partial charge in [0, 0.05) is 30.3 Å². The van der Waals surface area contributed by atoms with Gasteiger partial charge in [0.15, 0.2) is 11.8 Å². The molecule has 3 N–H and O–H groups in total. The van der Waals surface area contributed by atoms with Gasteiger partial charge in [0.1, 0.15) is 24.7 Å². The lowest BCUT2D eigenvalue weighted by Gasteiger charge is -2.14. The third-order valence-corrected chi connectivity index (χ3v) is 7.32. The number of carbonyl (C=O) groups is 1. The fourth-order valence-corrected chi connectivity index (χ4v) is 5.00. The average molecular weight is 618 g/mol. The van der Waals surface area contributed by atoms with Crippen LogP contribution in [0, 0.1) is 6.92 Å². The molecule has 0 aliphatic carbocycles. The quantitative estimate of drug-likeness (QED) is 0.138. The molecule has 0 amide bonds. The first-order valence-electron chi connectivity index (χ1n) is 14.1.